The molecule has 100 valence electrons. The number of H-pyrrole nitrogens is 1. The van der Waals surface area contributed by atoms with Crippen LogP contribution in [-0.4, -0.2) is 14.8 Å². The maximum atomic E-state index is 5.41. The van der Waals surface area contributed by atoms with Crippen LogP contribution in [-0.2, 0) is 6.54 Å². The lowest BCUT2D eigenvalue weighted by atomic mass is 9.67. The molecule has 0 spiro atoms. The van der Waals surface area contributed by atoms with Gasteiger partial charge in [-0.25, -0.2) is 0 Å². The Morgan fingerprint density at radius 2 is 2.05 bits per heavy atom. The van der Waals surface area contributed by atoms with E-state index in [2.05, 4.69) is 33.8 Å². The Bertz CT molecular complexity index is 602. The van der Waals surface area contributed by atoms with Gasteiger partial charge >= 0.3 is 0 Å². The number of aromatic nitrogens is 3. The third kappa shape index (κ3) is 2.25. The topological polar surface area (TPSA) is 33.6 Å². The molecule has 1 aromatic heterocycles. The Morgan fingerprint density at radius 3 is 2.63 bits per heavy atom. The normalized spacial score (nSPS) is 17.1. The Morgan fingerprint density at radius 1 is 1.32 bits per heavy atom. The molecule has 1 aromatic carbocycles. The van der Waals surface area contributed by atoms with Crippen LogP contribution in [0, 0.1) is 10.2 Å². The molecule has 3 rings (SSSR count). The molecule has 3 nitrogen and oxygen atoms in total. The summed E-state index contributed by atoms with van der Waals surface area (Å²) in [7, 11) is 0. The van der Waals surface area contributed by atoms with Crippen LogP contribution in [0.25, 0.3) is 11.4 Å². The molecule has 0 amide bonds. The Labute approximate surface area is 118 Å². The number of benzene rings is 1. The second-order valence-electron chi connectivity index (χ2n) is 5.51. The van der Waals surface area contributed by atoms with Gasteiger partial charge in [-0.2, -0.15) is 5.10 Å². The standard InChI is InChI=1S/C15H19N3S/c1-2-15(9-6-10-15)11-18-13(16-17-14(18)19)12-7-4-3-5-8-12/h3-5,7-8H,2,6,9-11H2,1H3,(H,17,19). The smallest absolute Gasteiger partial charge is 0.195 e. The highest BCUT2D eigenvalue weighted by atomic mass is 32.1. The second kappa shape index (κ2) is 4.93. The van der Waals surface area contributed by atoms with E-state index in [4.69, 9.17) is 12.2 Å². The van der Waals surface area contributed by atoms with Crippen molar-refractivity contribution in [3.63, 3.8) is 0 Å². The van der Waals surface area contributed by atoms with Gasteiger partial charge in [0.05, 0.1) is 0 Å². The Balaban J connectivity index is 1.98. The van der Waals surface area contributed by atoms with Gasteiger partial charge in [-0.1, -0.05) is 43.7 Å². The third-order valence-corrected chi connectivity index (χ3v) is 4.76. The molecule has 0 unspecified atom stereocenters. The molecule has 19 heavy (non-hydrogen) atoms. The van der Waals surface area contributed by atoms with Crippen molar-refractivity contribution >= 4 is 12.2 Å². The molecule has 1 aliphatic carbocycles. The summed E-state index contributed by atoms with van der Waals surface area (Å²) in [6, 6.07) is 10.3. The molecule has 0 radical (unpaired) electrons. The van der Waals surface area contributed by atoms with Crippen molar-refractivity contribution in [2.75, 3.05) is 0 Å². The summed E-state index contributed by atoms with van der Waals surface area (Å²) >= 11 is 5.41. The lowest BCUT2D eigenvalue weighted by Crippen LogP contribution is -2.33. The van der Waals surface area contributed by atoms with Crippen molar-refractivity contribution in [3.05, 3.63) is 35.1 Å². The Kier molecular flexibility index (Phi) is 3.27. The first-order chi connectivity index (χ1) is 9.24. The predicted octanol–water partition coefficient (Wildman–Crippen LogP) is 4.19. The van der Waals surface area contributed by atoms with E-state index in [-0.39, 0.29) is 0 Å². The number of hydrogen-bond acceptors (Lipinski definition) is 2. The maximum absolute atomic E-state index is 5.41. The van der Waals surface area contributed by atoms with Crippen LogP contribution in [0.1, 0.15) is 32.6 Å². The van der Waals surface area contributed by atoms with Crippen LogP contribution in [0.2, 0.25) is 0 Å². The summed E-state index contributed by atoms with van der Waals surface area (Å²) in [6.07, 6.45) is 5.18. The third-order valence-electron chi connectivity index (χ3n) is 4.45. The molecule has 1 N–H and O–H groups in total. The number of nitrogens with zero attached hydrogens (tertiary/aromatic N) is 2. The summed E-state index contributed by atoms with van der Waals surface area (Å²) in [4.78, 5) is 0. The van der Waals surface area contributed by atoms with Crippen LogP contribution in [0.4, 0.5) is 0 Å². The van der Waals surface area contributed by atoms with Crippen molar-refractivity contribution in [1.29, 1.82) is 0 Å². The molecule has 2 aromatic rings. The van der Waals surface area contributed by atoms with Gasteiger partial charge in [0.15, 0.2) is 10.6 Å². The van der Waals surface area contributed by atoms with Crippen LogP contribution >= 0.6 is 12.2 Å². The van der Waals surface area contributed by atoms with Gasteiger partial charge in [0.1, 0.15) is 0 Å². The van der Waals surface area contributed by atoms with E-state index in [0.29, 0.717) is 5.41 Å². The van der Waals surface area contributed by atoms with Gasteiger partial charge < -0.3 is 0 Å². The zero-order chi connectivity index (χ0) is 13.3. The van der Waals surface area contributed by atoms with Gasteiger partial charge in [-0.15, -0.1) is 0 Å². The fraction of sp³-hybridized carbons (Fsp3) is 0.467. The first-order valence-corrected chi connectivity index (χ1v) is 7.36. The average molecular weight is 273 g/mol. The minimum absolute atomic E-state index is 0.436. The lowest BCUT2D eigenvalue weighted by Gasteiger charge is -2.41. The molecule has 0 bridgehead atoms. The zero-order valence-corrected chi connectivity index (χ0v) is 12.0. The fourth-order valence-corrected chi connectivity index (χ4v) is 3.10. The summed E-state index contributed by atoms with van der Waals surface area (Å²) in [6.45, 7) is 3.27. The van der Waals surface area contributed by atoms with Crippen molar-refractivity contribution in [1.82, 2.24) is 14.8 Å². The van der Waals surface area contributed by atoms with Gasteiger partial charge in [-0.3, -0.25) is 9.67 Å². The number of nitrogens with one attached hydrogen (secondary N) is 1. The molecule has 0 atom stereocenters. The van der Waals surface area contributed by atoms with E-state index in [1.165, 1.54) is 25.7 Å². The quantitative estimate of drug-likeness (QED) is 0.847. The minimum Gasteiger partial charge on any atom is -0.300 e. The van der Waals surface area contributed by atoms with Gasteiger partial charge in [0, 0.05) is 12.1 Å². The van der Waals surface area contributed by atoms with Crippen molar-refractivity contribution < 1.29 is 0 Å². The molecular weight excluding hydrogens is 254 g/mol. The van der Waals surface area contributed by atoms with Crippen molar-refractivity contribution in [3.8, 4) is 11.4 Å². The minimum atomic E-state index is 0.436. The first-order valence-electron chi connectivity index (χ1n) is 6.95. The molecule has 0 aliphatic heterocycles. The number of hydrogen-bond donors (Lipinski definition) is 1. The van der Waals surface area contributed by atoms with E-state index in [1.54, 1.807) is 0 Å². The average Bonchev–Trinajstić information content (AvgIpc) is 2.76. The molecule has 1 fully saturated rings. The highest BCUT2D eigenvalue weighted by Gasteiger charge is 2.36. The van der Waals surface area contributed by atoms with Gasteiger partial charge in [-0.05, 0) is 36.9 Å². The molecule has 1 aliphatic rings. The van der Waals surface area contributed by atoms with Crippen molar-refractivity contribution in [2.45, 2.75) is 39.2 Å². The molecular formula is C15H19N3S. The monoisotopic (exact) mass is 273 g/mol. The maximum Gasteiger partial charge on any atom is 0.195 e. The summed E-state index contributed by atoms with van der Waals surface area (Å²) in [5.74, 6) is 0.963. The summed E-state index contributed by atoms with van der Waals surface area (Å²) < 4.78 is 2.91. The van der Waals surface area contributed by atoms with Crippen LogP contribution in [0.3, 0.4) is 0 Å². The van der Waals surface area contributed by atoms with Crippen LogP contribution < -0.4 is 0 Å². The number of rotatable bonds is 4. The molecule has 4 heteroatoms. The SMILES string of the molecule is CCC1(Cn2c(-c3ccccc3)n[nH]c2=S)CCC1. The second-order valence-corrected chi connectivity index (χ2v) is 5.90. The molecule has 1 heterocycles. The van der Waals surface area contributed by atoms with Crippen LogP contribution in [0.5, 0.6) is 0 Å². The van der Waals surface area contributed by atoms with E-state index in [0.717, 1.165) is 22.7 Å². The van der Waals surface area contributed by atoms with E-state index in [1.807, 2.05) is 18.2 Å². The predicted molar refractivity (Wildman–Crippen MR) is 79.4 cm³/mol. The lowest BCUT2D eigenvalue weighted by molar-refractivity contribution is 0.100. The largest absolute Gasteiger partial charge is 0.300 e. The fourth-order valence-electron chi connectivity index (χ4n) is 2.91. The van der Waals surface area contributed by atoms with E-state index >= 15 is 0 Å². The van der Waals surface area contributed by atoms with E-state index in [9.17, 15) is 0 Å². The van der Waals surface area contributed by atoms with Gasteiger partial charge in [0.25, 0.3) is 0 Å². The highest BCUT2D eigenvalue weighted by Crippen LogP contribution is 2.45. The van der Waals surface area contributed by atoms with Gasteiger partial charge in [0.2, 0.25) is 0 Å². The molecule has 1 saturated carbocycles. The first kappa shape index (κ1) is 12.6. The van der Waals surface area contributed by atoms with Crippen molar-refractivity contribution in [2.24, 2.45) is 5.41 Å². The van der Waals surface area contributed by atoms with Crippen LogP contribution in [0.15, 0.2) is 30.3 Å². The molecule has 0 saturated heterocycles. The number of aromatic amines is 1. The summed E-state index contributed by atoms with van der Waals surface area (Å²) in [5.41, 5.74) is 1.56. The van der Waals surface area contributed by atoms with E-state index < -0.39 is 0 Å². The zero-order valence-electron chi connectivity index (χ0n) is 11.2. The summed E-state index contributed by atoms with van der Waals surface area (Å²) in [5, 5.41) is 7.35. The Hall–Kier alpha value is -1.42. The highest BCUT2D eigenvalue weighted by molar-refractivity contribution is 7.71.